The molecule has 1 aromatic carbocycles. The summed E-state index contributed by atoms with van der Waals surface area (Å²) in [6.45, 7) is 5.56. The van der Waals surface area contributed by atoms with Crippen molar-refractivity contribution in [2.24, 2.45) is 0 Å². The zero-order valence-corrected chi connectivity index (χ0v) is 13.3. The van der Waals surface area contributed by atoms with Gasteiger partial charge in [-0.15, -0.1) is 0 Å². The maximum absolute atomic E-state index is 12.3. The topological polar surface area (TPSA) is 70.2 Å². The second kappa shape index (κ2) is 8.06. The quantitative estimate of drug-likeness (QED) is 0.703. The largest absolute Gasteiger partial charge is 0.353 e. The first-order valence-electron chi connectivity index (χ1n) is 7.99. The minimum Gasteiger partial charge on any atom is -0.353 e. The Morgan fingerprint density at radius 2 is 2.05 bits per heavy atom. The molecule has 0 saturated carbocycles. The zero-order valence-electron chi connectivity index (χ0n) is 13.3. The average Bonchev–Trinajstić information content (AvgIpc) is 2.57. The van der Waals surface area contributed by atoms with E-state index in [-0.39, 0.29) is 25.2 Å². The van der Waals surface area contributed by atoms with E-state index in [1.165, 1.54) is 11.1 Å². The van der Waals surface area contributed by atoms with E-state index in [1.807, 2.05) is 26.0 Å². The first-order valence-corrected chi connectivity index (χ1v) is 7.99. The van der Waals surface area contributed by atoms with Crippen LogP contribution in [0.3, 0.4) is 0 Å². The van der Waals surface area contributed by atoms with Crippen molar-refractivity contribution >= 4 is 11.7 Å². The van der Waals surface area contributed by atoms with E-state index in [0.29, 0.717) is 32.5 Å². The molecule has 2 rings (SSSR count). The van der Waals surface area contributed by atoms with Crippen LogP contribution in [0.25, 0.3) is 0 Å². The van der Waals surface area contributed by atoms with Crippen LogP contribution >= 0.6 is 0 Å². The lowest BCUT2D eigenvalue weighted by Gasteiger charge is -2.26. The Bertz CT molecular complexity index is 536. The summed E-state index contributed by atoms with van der Waals surface area (Å²) in [5, 5.41) is 9.28. The van der Waals surface area contributed by atoms with Crippen LogP contribution in [0, 0.1) is 0 Å². The second-order valence-corrected chi connectivity index (χ2v) is 5.58. The van der Waals surface area contributed by atoms with Crippen molar-refractivity contribution < 1.29 is 11.0 Å². The van der Waals surface area contributed by atoms with Gasteiger partial charge in [-0.05, 0) is 24.1 Å². The Kier molecular flexibility index (Phi) is 6.10. The van der Waals surface area contributed by atoms with Crippen LogP contribution in [0.2, 0.25) is 0 Å². The van der Waals surface area contributed by atoms with Crippen LogP contribution < -0.4 is 16.0 Å². The maximum atomic E-state index is 12.3. The Labute approximate surface area is 133 Å². The molecule has 3 N–H and O–H groups in total. The van der Waals surface area contributed by atoms with Crippen molar-refractivity contribution in [3.8, 4) is 0 Å². The summed E-state index contributed by atoms with van der Waals surface area (Å²) in [7, 11) is 0. The van der Waals surface area contributed by atoms with Crippen molar-refractivity contribution in [3.63, 3.8) is 0 Å². The molecular weight excluding hydrogens is 278 g/mol. The van der Waals surface area contributed by atoms with Crippen LogP contribution in [0.4, 0.5) is 0 Å². The van der Waals surface area contributed by atoms with Gasteiger partial charge in [0.15, 0.2) is 5.78 Å². The highest BCUT2D eigenvalue weighted by Gasteiger charge is 2.25. The van der Waals surface area contributed by atoms with E-state index in [2.05, 4.69) is 28.1 Å². The van der Waals surface area contributed by atoms with Gasteiger partial charge in [0, 0.05) is 20.9 Å². The van der Waals surface area contributed by atoms with Crippen LogP contribution in [0.15, 0.2) is 24.3 Å². The second-order valence-electron chi connectivity index (χ2n) is 5.58. The summed E-state index contributed by atoms with van der Waals surface area (Å²) >= 11 is 0. The summed E-state index contributed by atoms with van der Waals surface area (Å²) in [4.78, 5) is 24.1. The molecule has 0 radical (unpaired) electrons. The SMILES string of the molecule is CCN[C@@H](CNC(=O)C1Cc2ccccc2CN1)C(=O)CC.[HH]. The molecule has 5 nitrogen and oxygen atoms in total. The molecule has 1 aliphatic rings. The molecule has 0 saturated heterocycles. The number of hydrogen-bond donors (Lipinski definition) is 3. The van der Waals surface area contributed by atoms with Crippen LogP contribution in [-0.2, 0) is 22.6 Å². The molecule has 1 aliphatic heterocycles. The summed E-state index contributed by atoms with van der Waals surface area (Å²) < 4.78 is 0. The van der Waals surface area contributed by atoms with Gasteiger partial charge in [0.1, 0.15) is 0 Å². The van der Waals surface area contributed by atoms with Crippen LogP contribution in [0.1, 0.15) is 32.8 Å². The van der Waals surface area contributed by atoms with Gasteiger partial charge in [-0.1, -0.05) is 38.1 Å². The van der Waals surface area contributed by atoms with Gasteiger partial charge in [-0.2, -0.15) is 0 Å². The fraction of sp³-hybridized carbons (Fsp3) is 0.529. The molecule has 22 heavy (non-hydrogen) atoms. The molecule has 122 valence electrons. The lowest BCUT2D eigenvalue weighted by molar-refractivity contribution is -0.124. The molecule has 0 aromatic heterocycles. The fourth-order valence-corrected chi connectivity index (χ4v) is 2.76. The summed E-state index contributed by atoms with van der Waals surface area (Å²) in [6.07, 6.45) is 1.16. The molecular formula is C17H27N3O2. The first-order chi connectivity index (χ1) is 10.7. The number of carbonyl (C=O) groups is 2. The average molecular weight is 305 g/mol. The number of fused-ring (bicyclic) bond motifs is 1. The third kappa shape index (κ3) is 4.15. The standard InChI is InChI=1S/C17H25N3O2.H2/c1-3-16(21)15(18-4-2)11-20-17(22)14-9-12-7-5-6-8-13(12)10-19-14;/h5-8,14-15,18-19H,3-4,9-11H2,1-2H3,(H,20,22);1H/t14?,15-;/m0./s1. The molecule has 5 heteroatoms. The van der Waals surface area contributed by atoms with E-state index >= 15 is 0 Å². The van der Waals surface area contributed by atoms with E-state index in [1.54, 1.807) is 0 Å². The van der Waals surface area contributed by atoms with Crippen molar-refractivity contribution in [3.05, 3.63) is 35.4 Å². The van der Waals surface area contributed by atoms with E-state index in [0.717, 1.165) is 0 Å². The van der Waals surface area contributed by atoms with Gasteiger partial charge in [-0.3, -0.25) is 9.59 Å². The molecule has 0 aliphatic carbocycles. The molecule has 1 unspecified atom stereocenters. The molecule has 0 bridgehead atoms. The third-order valence-corrected chi connectivity index (χ3v) is 4.07. The van der Waals surface area contributed by atoms with Gasteiger partial charge in [0.05, 0.1) is 12.1 Å². The molecule has 1 heterocycles. The molecule has 2 atom stereocenters. The monoisotopic (exact) mass is 305 g/mol. The Balaban J connectivity index is 0.00000264. The Morgan fingerprint density at radius 3 is 2.73 bits per heavy atom. The number of carbonyl (C=O) groups excluding carboxylic acids is 2. The molecule has 1 aromatic rings. The summed E-state index contributed by atoms with van der Waals surface area (Å²) in [5.74, 6) is 0.0883. The highest BCUT2D eigenvalue weighted by atomic mass is 16.2. The number of likely N-dealkylation sites (N-methyl/N-ethyl adjacent to an activating group) is 1. The number of Topliss-reactive ketones (excluding diaryl/α,β-unsaturated/α-hetero) is 1. The van der Waals surface area contributed by atoms with Gasteiger partial charge in [-0.25, -0.2) is 0 Å². The molecule has 1 amide bonds. The van der Waals surface area contributed by atoms with Crippen LogP contribution in [-0.4, -0.2) is 36.9 Å². The maximum Gasteiger partial charge on any atom is 0.237 e. The highest BCUT2D eigenvalue weighted by molar-refractivity contribution is 5.86. The lowest BCUT2D eigenvalue weighted by Crippen LogP contribution is -2.52. The summed E-state index contributed by atoms with van der Waals surface area (Å²) in [6, 6.07) is 7.64. The molecule has 0 spiro atoms. The first kappa shape index (κ1) is 16.6. The van der Waals surface area contributed by atoms with Crippen molar-refractivity contribution in [1.82, 2.24) is 16.0 Å². The Morgan fingerprint density at radius 1 is 1.32 bits per heavy atom. The number of ketones is 1. The van der Waals surface area contributed by atoms with Crippen molar-refractivity contribution in [2.75, 3.05) is 13.1 Å². The minimum absolute atomic E-state index is 0. The highest BCUT2D eigenvalue weighted by Crippen LogP contribution is 2.16. The number of rotatable bonds is 7. The predicted octanol–water partition coefficient (Wildman–Crippen LogP) is 1.02. The van der Waals surface area contributed by atoms with Gasteiger partial charge >= 0.3 is 0 Å². The fourth-order valence-electron chi connectivity index (χ4n) is 2.76. The number of amides is 1. The van der Waals surface area contributed by atoms with Crippen molar-refractivity contribution in [1.29, 1.82) is 0 Å². The van der Waals surface area contributed by atoms with Gasteiger partial charge in [0.25, 0.3) is 0 Å². The van der Waals surface area contributed by atoms with Gasteiger partial charge in [0.2, 0.25) is 5.91 Å². The van der Waals surface area contributed by atoms with E-state index < -0.39 is 0 Å². The predicted molar refractivity (Wildman–Crippen MR) is 88.7 cm³/mol. The number of nitrogens with one attached hydrogen (secondary N) is 3. The van der Waals surface area contributed by atoms with Crippen molar-refractivity contribution in [2.45, 2.75) is 45.3 Å². The molecule has 0 fully saturated rings. The Hall–Kier alpha value is -1.72. The third-order valence-electron chi connectivity index (χ3n) is 4.07. The minimum atomic E-state index is -0.296. The zero-order chi connectivity index (χ0) is 15.9. The van der Waals surface area contributed by atoms with E-state index in [4.69, 9.17) is 0 Å². The lowest BCUT2D eigenvalue weighted by atomic mass is 9.95. The normalized spacial score (nSPS) is 18.4. The van der Waals surface area contributed by atoms with E-state index in [9.17, 15) is 9.59 Å². The van der Waals surface area contributed by atoms with Crippen LogP contribution in [0.5, 0.6) is 0 Å². The summed E-state index contributed by atoms with van der Waals surface area (Å²) in [5.41, 5.74) is 2.47. The number of benzene rings is 1. The smallest absolute Gasteiger partial charge is 0.237 e. The number of hydrogen-bond acceptors (Lipinski definition) is 4. The van der Waals surface area contributed by atoms with Gasteiger partial charge < -0.3 is 16.0 Å².